The average Bonchev–Trinajstić information content (AvgIpc) is 3.37. The topological polar surface area (TPSA) is 79.1 Å². The Hall–Kier alpha value is -2.22. The molecule has 2 saturated heterocycles. The molecule has 2 N–H and O–H groups in total. The SMILES string of the molecule is Cc1nn(-c2ccccc2)c2nc(C3CCN(C4CCNC4)CC3)nc(O)c12.Cl. The van der Waals surface area contributed by atoms with E-state index in [1.807, 2.05) is 41.9 Å². The van der Waals surface area contributed by atoms with Crippen molar-refractivity contribution in [3.05, 3.63) is 41.9 Å². The maximum atomic E-state index is 10.6. The molecule has 3 aromatic rings. The third kappa shape index (κ3) is 3.70. The molecule has 29 heavy (non-hydrogen) atoms. The van der Waals surface area contributed by atoms with Gasteiger partial charge in [-0.25, -0.2) is 9.67 Å². The molecular formula is C21H27ClN6O. The fraction of sp³-hybridized carbons (Fsp3) is 0.476. The van der Waals surface area contributed by atoms with Crippen molar-refractivity contribution in [3.63, 3.8) is 0 Å². The normalized spacial score (nSPS) is 20.8. The van der Waals surface area contributed by atoms with Crippen LogP contribution < -0.4 is 5.32 Å². The van der Waals surface area contributed by atoms with Gasteiger partial charge in [0.1, 0.15) is 11.2 Å². The molecule has 8 heteroatoms. The lowest BCUT2D eigenvalue weighted by atomic mass is 9.94. The van der Waals surface area contributed by atoms with Crippen LogP contribution in [0.5, 0.6) is 5.88 Å². The minimum Gasteiger partial charge on any atom is -0.493 e. The van der Waals surface area contributed by atoms with E-state index in [1.54, 1.807) is 0 Å². The Bertz CT molecular complexity index is 978. The van der Waals surface area contributed by atoms with Crippen LogP contribution in [-0.2, 0) is 0 Å². The maximum absolute atomic E-state index is 10.6. The van der Waals surface area contributed by atoms with Crippen molar-refractivity contribution >= 4 is 23.4 Å². The fourth-order valence-electron chi connectivity index (χ4n) is 4.58. The first-order chi connectivity index (χ1) is 13.7. The highest BCUT2D eigenvalue weighted by atomic mass is 35.5. The van der Waals surface area contributed by atoms with Gasteiger partial charge in [-0.2, -0.15) is 10.1 Å². The van der Waals surface area contributed by atoms with Crippen molar-refractivity contribution in [2.75, 3.05) is 26.2 Å². The van der Waals surface area contributed by atoms with Crippen molar-refractivity contribution in [3.8, 4) is 11.6 Å². The van der Waals surface area contributed by atoms with E-state index in [1.165, 1.54) is 6.42 Å². The number of benzene rings is 1. The van der Waals surface area contributed by atoms with Crippen LogP contribution in [-0.4, -0.2) is 62.0 Å². The number of para-hydroxylation sites is 1. The van der Waals surface area contributed by atoms with E-state index in [2.05, 4.69) is 20.3 Å². The number of aromatic nitrogens is 4. The second kappa shape index (κ2) is 8.26. The minimum atomic E-state index is 0. The molecule has 0 spiro atoms. The molecule has 2 aliphatic heterocycles. The molecule has 4 heterocycles. The lowest BCUT2D eigenvalue weighted by Gasteiger charge is -2.35. The zero-order valence-electron chi connectivity index (χ0n) is 16.6. The number of halogens is 1. The van der Waals surface area contributed by atoms with Crippen LogP contribution in [0.1, 0.15) is 36.7 Å². The highest BCUT2D eigenvalue weighted by Crippen LogP contribution is 2.32. The number of likely N-dealkylation sites (tertiary alicyclic amines) is 1. The Morgan fingerprint density at radius 1 is 1.07 bits per heavy atom. The third-order valence-electron chi connectivity index (χ3n) is 6.15. The van der Waals surface area contributed by atoms with Crippen LogP contribution in [0.15, 0.2) is 30.3 Å². The Labute approximate surface area is 176 Å². The molecule has 0 saturated carbocycles. The number of aromatic hydroxyl groups is 1. The zero-order chi connectivity index (χ0) is 19.1. The van der Waals surface area contributed by atoms with Gasteiger partial charge < -0.3 is 10.4 Å². The van der Waals surface area contributed by atoms with E-state index >= 15 is 0 Å². The third-order valence-corrected chi connectivity index (χ3v) is 6.15. The number of hydrogen-bond acceptors (Lipinski definition) is 6. The van der Waals surface area contributed by atoms with Gasteiger partial charge in [-0.05, 0) is 58.0 Å². The Morgan fingerprint density at radius 2 is 1.83 bits per heavy atom. The lowest BCUT2D eigenvalue weighted by Crippen LogP contribution is -2.42. The lowest BCUT2D eigenvalue weighted by molar-refractivity contribution is 0.159. The molecule has 2 aliphatic rings. The first kappa shape index (κ1) is 20.1. The van der Waals surface area contributed by atoms with Gasteiger partial charge in [0, 0.05) is 18.5 Å². The first-order valence-corrected chi connectivity index (χ1v) is 10.2. The van der Waals surface area contributed by atoms with Gasteiger partial charge in [-0.1, -0.05) is 18.2 Å². The van der Waals surface area contributed by atoms with Gasteiger partial charge in [0.25, 0.3) is 0 Å². The van der Waals surface area contributed by atoms with Gasteiger partial charge in [0.05, 0.1) is 11.4 Å². The van der Waals surface area contributed by atoms with Gasteiger partial charge in [-0.3, -0.25) is 4.90 Å². The molecule has 0 amide bonds. The summed E-state index contributed by atoms with van der Waals surface area (Å²) in [5, 5.41) is 19.3. The number of nitrogens with one attached hydrogen (secondary N) is 1. The monoisotopic (exact) mass is 414 g/mol. The van der Waals surface area contributed by atoms with Crippen molar-refractivity contribution in [2.45, 2.75) is 38.1 Å². The quantitative estimate of drug-likeness (QED) is 0.686. The fourth-order valence-corrected chi connectivity index (χ4v) is 4.58. The minimum absolute atomic E-state index is 0. The summed E-state index contributed by atoms with van der Waals surface area (Å²) >= 11 is 0. The molecule has 154 valence electrons. The molecule has 0 bridgehead atoms. The predicted octanol–water partition coefficient (Wildman–Crippen LogP) is 2.79. The van der Waals surface area contributed by atoms with Crippen molar-refractivity contribution in [2.24, 2.45) is 0 Å². The number of fused-ring (bicyclic) bond motifs is 1. The number of piperidine rings is 1. The molecule has 1 atom stereocenters. The van der Waals surface area contributed by atoms with E-state index in [9.17, 15) is 5.11 Å². The van der Waals surface area contributed by atoms with Crippen LogP contribution >= 0.6 is 12.4 Å². The van der Waals surface area contributed by atoms with Gasteiger partial charge in [0.15, 0.2) is 5.65 Å². The van der Waals surface area contributed by atoms with E-state index in [0.717, 1.165) is 56.2 Å². The van der Waals surface area contributed by atoms with Crippen LogP contribution in [0.3, 0.4) is 0 Å². The standard InChI is InChI=1S/C21H26N6O.ClH/c1-14-18-20(27(25-14)16-5-3-2-4-6-16)23-19(24-21(18)28)15-8-11-26(12-9-15)17-7-10-22-13-17;/h2-6,15,17,22H,7-13H2,1H3,(H,23,24,28);1H. The molecule has 0 radical (unpaired) electrons. The van der Waals surface area contributed by atoms with Crippen LogP contribution in [0, 0.1) is 6.92 Å². The maximum Gasteiger partial charge on any atom is 0.225 e. The molecule has 7 nitrogen and oxygen atoms in total. The van der Waals surface area contributed by atoms with E-state index in [0.29, 0.717) is 17.1 Å². The van der Waals surface area contributed by atoms with E-state index in [-0.39, 0.29) is 24.2 Å². The van der Waals surface area contributed by atoms with E-state index in [4.69, 9.17) is 4.98 Å². The first-order valence-electron chi connectivity index (χ1n) is 10.2. The molecule has 1 unspecified atom stereocenters. The van der Waals surface area contributed by atoms with Crippen molar-refractivity contribution < 1.29 is 5.11 Å². The highest BCUT2D eigenvalue weighted by molar-refractivity contribution is 5.85. The highest BCUT2D eigenvalue weighted by Gasteiger charge is 2.29. The summed E-state index contributed by atoms with van der Waals surface area (Å²) in [6, 6.07) is 10.6. The summed E-state index contributed by atoms with van der Waals surface area (Å²) in [6.45, 7) is 6.25. The summed E-state index contributed by atoms with van der Waals surface area (Å²) in [5.41, 5.74) is 2.37. The Kier molecular flexibility index (Phi) is 5.72. The van der Waals surface area contributed by atoms with Crippen molar-refractivity contribution in [1.82, 2.24) is 30.0 Å². The molecular weight excluding hydrogens is 388 g/mol. The smallest absolute Gasteiger partial charge is 0.225 e. The average molecular weight is 415 g/mol. The second-order valence-electron chi connectivity index (χ2n) is 7.89. The molecule has 0 aliphatic carbocycles. The van der Waals surface area contributed by atoms with Crippen LogP contribution in [0.25, 0.3) is 16.7 Å². The Balaban J connectivity index is 0.00000205. The number of nitrogens with zero attached hydrogens (tertiary/aromatic N) is 5. The summed E-state index contributed by atoms with van der Waals surface area (Å²) in [6.07, 6.45) is 3.29. The van der Waals surface area contributed by atoms with Gasteiger partial charge in [-0.15, -0.1) is 12.4 Å². The number of rotatable bonds is 3. The predicted molar refractivity (Wildman–Crippen MR) is 115 cm³/mol. The molecule has 2 fully saturated rings. The number of aryl methyl sites for hydroxylation is 1. The second-order valence-corrected chi connectivity index (χ2v) is 7.89. The summed E-state index contributed by atoms with van der Waals surface area (Å²) in [5.74, 6) is 1.06. The molecule has 2 aromatic heterocycles. The summed E-state index contributed by atoms with van der Waals surface area (Å²) in [7, 11) is 0. The van der Waals surface area contributed by atoms with Crippen LogP contribution in [0.4, 0.5) is 0 Å². The molecule has 1 aromatic carbocycles. The Morgan fingerprint density at radius 3 is 2.52 bits per heavy atom. The summed E-state index contributed by atoms with van der Waals surface area (Å²) in [4.78, 5) is 11.9. The zero-order valence-corrected chi connectivity index (χ0v) is 17.4. The van der Waals surface area contributed by atoms with Gasteiger partial charge >= 0.3 is 0 Å². The van der Waals surface area contributed by atoms with Gasteiger partial charge in [0.2, 0.25) is 5.88 Å². The van der Waals surface area contributed by atoms with Crippen molar-refractivity contribution in [1.29, 1.82) is 0 Å². The number of hydrogen-bond donors (Lipinski definition) is 2. The van der Waals surface area contributed by atoms with Crippen LogP contribution in [0.2, 0.25) is 0 Å². The van der Waals surface area contributed by atoms with E-state index < -0.39 is 0 Å². The molecule has 5 rings (SSSR count). The summed E-state index contributed by atoms with van der Waals surface area (Å²) < 4.78 is 1.81. The largest absolute Gasteiger partial charge is 0.493 e.